The second kappa shape index (κ2) is 7.68. The van der Waals surface area contributed by atoms with E-state index in [1.807, 2.05) is 25.1 Å². The SMILES string of the molecule is Cc1cccc(Nc2nc(NC(C(N)=O)C(C)C)[nH]c(=O)c2C(N)=O)c1. The normalized spacial score (nSPS) is 11.8. The Balaban J connectivity index is 2.47. The van der Waals surface area contributed by atoms with Crippen LogP contribution in [0.1, 0.15) is 29.8 Å². The number of carbonyl (C=O) groups excluding carboxylic acids is 2. The first-order chi connectivity index (χ1) is 12.2. The molecule has 0 saturated carbocycles. The molecule has 2 amide bonds. The highest BCUT2D eigenvalue weighted by Crippen LogP contribution is 2.19. The van der Waals surface area contributed by atoms with Gasteiger partial charge in [-0.25, -0.2) is 0 Å². The van der Waals surface area contributed by atoms with Crippen LogP contribution in [0, 0.1) is 12.8 Å². The number of aromatic amines is 1. The molecule has 1 aromatic carbocycles. The van der Waals surface area contributed by atoms with E-state index in [1.165, 1.54) is 0 Å². The van der Waals surface area contributed by atoms with Gasteiger partial charge in [0.15, 0.2) is 5.82 Å². The van der Waals surface area contributed by atoms with Crippen molar-refractivity contribution in [2.24, 2.45) is 17.4 Å². The van der Waals surface area contributed by atoms with Gasteiger partial charge in [-0.05, 0) is 30.5 Å². The molecule has 1 aromatic heterocycles. The predicted molar refractivity (Wildman–Crippen MR) is 99.3 cm³/mol. The molecule has 1 heterocycles. The molecule has 2 aromatic rings. The summed E-state index contributed by atoms with van der Waals surface area (Å²) in [5, 5.41) is 5.71. The van der Waals surface area contributed by atoms with E-state index >= 15 is 0 Å². The van der Waals surface area contributed by atoms with Crippen LogP contribution < -0.4 is 27.7 Å². The maximum Gasteiger partial charge on any atom is 0.267 e. The Morgan fingerprint density at radius 3 is 2.46 bits per heavy atom. The summed E-state index contributed by atoms with van der Waals surface area (Å²) in [4.78, 5) is 42.1. The van der Waals surface area contributed by atoms with Gasteiger partial charge >= 0.3 is 0 Å². The van der Waals surface area contributed by atoms with Crippen LogP contribution in [0.25, 0.3) is 0 Å². The van der Waals surface area contributed by atoms with Crippen LogP contribution >= 0.6 is 0 Å². The zero-order chi connectivity index (χ0) is 19.4. The number of H-pyrrole nitrogens is 1. The molecule has 0 spiro atoms. The lowest BCUT2D eigenvalue weighted by atomic mass is 10.0. The van der Waals surface area contributed by atoms with Crippen LogP contribution in [0.3, 0.4) is 0 Å². The Kier molecular flexibility index (Phi) is 5.61. The third kappa shape index (κ3) is 4.38. The number of carbonyl (C=O) groups is 2. The van der Waals surface area contributed by atoms with Crippen molar-refractivity contribution in [2.45, 2.75) is 26.8 Å². The fourth-order valence-electron chi connectivity index (χ4n) is 2.43. The van der Waals surface area contributed by atoms with Gasteiger partial charge in [0, 0.05) is 5.69 Å². The topological polar surface area (TPSA) is 156 Å². The van der Waals surface area contributed by atoms with E-state index in [1.54, 1.807) is 19.9 Å². The summed E-state index contributed by atoms with van der Waals surface area (Å²) >= 11 is 0. The molecule has 0 radical (unpaired) electrons. The molecule has 2 rings (SSSR count). The maximum absolute atomic E-state index is 12.3. The van der Waals surface area contributed by atoms with Crippen molar-refractivity contribution in [3.8, 4) is 0 Å². The monoisotopic (exact) mass is 358 g/mol. The lowest BCUT2D eigenvalue weighted by Gasteiger charge is -2.20. The Bertz CT molecular complexity index is 890. The number of nitrogens with one attached hydrogen (secondary N) is 3. The molecule has 0 fully saturated rings. The summed E-state index contributed by atoms with van der Waals surface area (Å²) in [6.45, 7) is 5.49. The minimum absolute atomic E-state index is 0.00709. The van der Waals surface area contributed by atoms with E-state index in [2.05, 4.69) is 20.6 Å². The third-order valence-electron chi connectivity index (χ3n) is 3.71. The fraction of sp³-hybridized carbons (Fsp3) is 0.294. The Labute approximate surface area is 150 Å². The van der Waals surface area contributed by atoms with Crippen LogP contribution in [0.15, 0.2) is 29.1 Å². The van der Waals surface area contributed by atoms with Crippen molar-refractivity contribution in [3.05, 3.63) is 45.7 Å². The standard InChI is InChI=1S/C17H22N6O3/c1-8(2)12(14(19)25)21-17-22-15(11(13(18)24)16(26)23-17)20-10-6-4-5-9(3)7-10/h4-8,12H,1-3H3,(H2,18,24)(H2,19,25)(H3,20,21,22,23,26). The Morgan fingerprint density at radius 2 is 1.92 bits per heavy atom. The van der Waals surface area contributed by atoms with Crippen molar-refractivity contribution < 1.29 is 9.59 Å². The minimum Gasteiger partial charge on any atom is -0.368 e. The molecule has 0 aliphatic rings. The Morgan fingerprint density at radius 1 is 1.23 bits per heavy atom. The number of benzene rings is 1. The third-order valence-corrected chi connectivity index (χ3v) is 3.71. The average molecular weight is 358 g/mol. The van der Waals surface area contributed by atoms with Crippen LogP contribution in [0.5, 0.6) is 0 Å². The summed E-state index contributed by atoms with van der Waals surface area (Å²) in [6, 6.07) is 6.55. The Hall–Kier alpha value is -3.36. The summed E-state index contributed by atoms with van der Waals surface area (Å²) in [6.07, 6.45) is 0. The number of hydrogen-bond donors (Lipinski definition) is 5. The summed E-state index contributed by atoms with van der Waals surface area (Å²) in [7, 11) is 0. The van der Waals surface area contributed by atoms with Gasteiger partial charge in [-0.1, -0.05) is 26.0 Å². The van der Waals surface area contributed by atoms with Crippen molar-refractivity contribution in [1.29, 1.82) is 0 Å². The second-order valence-corrected chi connectivity index (χ2v) is 6.27. The highest BCUT2D eigenvalue weighted by Gasteiger charge is 2.22. The molecule has 0 bridgehead atoms. The summed E-state index contributed by atoms with van der Waals surface area (Å²) < 4.78 is 0. The van der Waals surface area contributed by atoms with E-state index in [-0.39, 0.29) is 23.2 Å². The minimum atomic E-state index is -0.921. The maximum atomic E-state index is 12.3. The van der Waals surface area contributed by atoms with Gasteiger partial charge in [-0.15, -0.1) is 0 Å². The predicted octanol–water partition coefficient (Wildman–Crippen LogP) is 0.843. The number of rotatable bonds is 7. The molecule has 7 N–H and O–H groups in total. The molecule has 9 heteroatoms. The number of anilines is 3. The highest BCUT2D eigenvalue weighted by atomic mass is 16.2. The molecule has 9 nitrogen and oxygen atoms in total. The van der Waals surface area contributed by atoms with Crippen LogP contribution in [0.2, 0.25) is 0 Å². The number of nitrogens with two attached hydrogens (primary N) is 2. The summed E-state index contributed by atoms with van der Waals surface area (Å²) in [5.41, 5.74) is 11.3. The van der Waals surface area contributed by atoms with Crippen molar-refractivity contribution in [1.82, 2.24) is 9.97 Å². The van der Waals surface area contributed by atoms with Crippen LogP contribution in [0.4, 0.5) is 17.5 Å². The van der Waals surface area contributed by atoms with Crippen molar-refractivity contribution in [3.63, 3.8) is 0 Å². The van der Waals surface area contributed by atoms with E-state index in [4.69, 9.17) is 11.5 Å². The van der Waals surface area contributed by atoms with Crippen LogP contribution in [-0.4, -0.2) is 27.8 Å². The largest absolute Gasteiger partial charge is 0.368 e. The van der Waals surface area contributed by atoms with E-state index < -0.39 is 23.4 Å². The van der Waals surface area contributed by atoms with E-state index in [0.29, 0.717) is 5.69 Å². The zero-order valence-corrected chi connectivity index (χ0v) is 14.8. The molecule has 0 aliphatic carbocycles. The van der Waals surface area contributed by atoms with Gasteiger partial charge in [0.1, 0.15) is 11.6 Å². The van der Waals surface area contributed by atoms with Gasteiger partial charge in [0.25, 0.3) is 11.5 Å². The molecular formula is C17H22N6O3. The van der Waals surface area contributed by atoms with Gasteiger partial charge in [-0.2, -0.15) is 4.98 Å². The molecule has 26 heavy (non-hydrogen) atoms. The lowest BCUT2D eigenvalue weighted by Crippen LogP contribution is -2.40. The molecule has 1 atom stereocenters. The number of hydrogen-bond acceptors (Lipinski definition) is 6. The average Bonchev–Trinajstić information content (AvgIpc) is 2.51. The second-order valence-electron chi connectivity index (χ2n) is 6.27. The quantitative estimate of drug-likeness (QED) is 0.494. The molecular weight excluding hydrogens is 336 g/mol. The van der Waals surface area contributed by atoms with E-state index in [0.717, 1.165) is 5.56 Å². The summed E-state index contributed by atoms with van der Waals surface area (Å²) in [5.74, 6) is -1.65. The number of primary amides is 2. The first-order valence-electron chi connectivity index (χ1n) is 8.02. The first kappa shape index (κ1) is 19.0. The fourth-order valence-corrected chi connectivity index (χ4v) is 2.43. The van der Waals surface area contributed by atoms with Gasteiger partial charge < -0.3 is 22.1 Å². The highest BCUT2D eigenvalue weighted by molar-refractivity contribution is 5.98. The van der Waals surface area contributed by atoms with E-state index in [9.17, 15) is 14.4 Å². The lowest BCUT2D eigenvalue weighted by molar-refractivity contribution is -0.119. The number of aromatic nitrogens is 2. The molecule has 138 valence electrons. The first-order valence-corrected chi connectivity index (χ1v) is 8.02. The number of amides is 2. The van der Waals surface area contributed by atoms with Crippen molar-refractivity contribution >= 4 is 29.3 Å². The molecule has 1 unspecified atom stereocenters. The van der Waals surface area contributed by atoms with Gasteiger partial charge in [0.2, 0.25) is 11.9 Å². The van der Waals surface area contributed by atoms with Crippen molar-refractivity contribution in [2.75, 3.05) is 10.6 Å². The van der Waals surface area contributed by atoms with Gasteiger partial charge in [-0.3, -0.25) is 19.4 Å². The number of aryl methyl sites for hydroxylation is 1. The number of nitrogens with zero attached hydrogens (tertiary/aromatic N) is 1. The smallest absolute Gasteiger partial charge is 0.267 e. The molecule has 0 aliphatic heterocycles. The zero-order valence-electron chi connectivity index (χ0n) is 14.8. The van der Waals surface area contributed by atoms with Crippen LogP contribution in [-0.2, 0) is 4.79 Å². The van der Waals surface area contributed by atoms with Gasteiger partial charge in [0.05, 0.1) is 0 Å². The molecule has 0 saturated heterocycles.